The molecule has 0 bridgehead atoms. The van der Waals surface area contributed by atoms with Gasteiger partial charge in [0.2, 0.25) is 0 Å². The number of rotatable bonds is 4. The SMILES string of the molecule is NC(=N/N=C\c1ccccc1[N+](=O)[O-])N[N+](=O)[O-]. The van der Waals surface area contributed by atoms with Crippen molar-refractivity contribution in [3.8, 4) is 0 Å². The lowest BCUT2D eigenvalue weighted by Crippen LogP contribution is -2.35. The van der Waals surface area contributed by atoms with Gasteiger partial charge < -0.3 is 5.73 Å². The second-order valence-electron chi connectivity index (χ2n) is 2.91. The molecule has 94 valence electrons. The first kappa shape index (κ1) is 13.0. The quantitative estimate of drug-likeness (QED) is 0.334. The van der Waals surface area contributed by atoms with Gasteiger partial charge in [0.25, 0.3) is 11.6 Å². The van der Waals surface area contributed by atoms with Gasteiger partial charge in [0, 0.05) is 6.07 Å². The van der Waals surface area contributed by atoms with Crippen LogP contribution in [0.4, 0.5) is 5.69 Å². The van der Waals surface area contributed by atoms with E-state index < -0.39 is 15.9 Å². The fourth-order valence-corrected chi connectivity index (χ4v) is 1.03. The molecule has 1 rings (SSSR count). The molecule has 3 N–H and O–H groups in total. The molecule has 0 radical (unpaired) electrons. The van der Waals surface area contributed by atoms with Crippen molar-refractivity contribution in [3.05, 3.63) is 50.1 Å². The van der Waals surface area contributed by atoms with Crippen LogP contribution in [0.5, 0.6) is 0 Å². The van der Waals surface area contributed by atoms with E-state index in [-0.39, 0.29) is 11.3 Å². The molecule has 0 aliphatic carbocycles. The Balaban J connectivity index is 2.85. The highest BCUT2D eigenvalue weighted by molar-refractivity contribution is 5.86. The first-order valence-electron chi connectivity index (χ1n) is 4.51. The second kappa shape index (κ2) is 5.89. The molecule has 0 unspecified atom stereocenters. The van der Waals surface area contributed by atoms with Gasteiger partial charge in [-0.1, -0.05) is 17.6 Å². The van der Waals surface area contributed by atoms with Crippen LogP contribution < -0.4 is 11.2 Å². The molecule has 0 amide bonds. The van der Waals surface area contributed by atoms with Gasteiger partial charge in [-0.25, -0.2) is 10.1 Å². The molecule has 0 aliphatic rings. The van der Waals surface area contributed by atoms with Crippen molar-refractivity contribution in [2.24, 2.45) is 15.9 Å². The van der Waals surface area contributed by atoms with Gasteiger partial charge in [-0.15, -0.1) is 5.10 Å². The largest absolute Gasteiger partial charge is 0.364 e. The summed E-state index contributed by atoms with van der Waals surface area (Å²) in [6.07, 6.45) is 1.08. The third kappa shape index (κ3) is 3.84. The summed E-state index contributed by atoms with van der Waals surface area (Å²) in [5, 5.41) is 26.4. The summed E-state index contributed by atoms with van der Waals surface area (Å²) >= 11 is 0. The van der Waals surface area contributed by atoms with Crippen LogP contribution >= 0.6 is 0 Å². The van der Waals surface area contributed by atoms with Crippen molar-refractivity contribution < 1.29 is 9.96 Å². The van der Waals surface area contributed by atoms with Crippen molar-refractivity contribution in [2.45, 2.75) is 0 Å². The van der Waals surface area contributed by atoms with Crippen molar-refractivity contribution in [2.75, 3.05) is 0 Å². The summed E-state index contributed by atoms with van der Waals surface area (Å²) in [6.45, 7) is 0. The molecule has 1 aromatic rings. The van der Waals surface area contributed by atoms with Gasteiger partial charge in [0.15, 0.2) is 5.03 Å². The minimum Gasteiger partial charge on any atom is -0.364 e. The van der Waals surface area contributed by atoms with Crippen LogP contribution in [0.15, 0.2) is 34.5 Å². The van der Waals surface area contributed by atoms with Crippen LogP contribution in [-0.2, 0) is 0 Å². The fraction of sp³-hybridized carbons (Fsp3) is 0. The molecule has 0 atom stereocenters. The minimum atomic E-state index is -0.903. The molecule has 0 heterocycles. The zero-order chi connectivity index (χ0) is 13.5. The lowest BCUT2D eigenvalue weighted by Gasteiger charge is -1.95. The minimum absolute atomic E-state index is 0.155. The summed E-state index contributed by atoms with van der Waals surface area (Å²) in [5.41, 5.74) is 6.71. The standard InChI is InChI=1S/C8H8N6O4/c9-8(12-14(17)18)11-10-5-6-3-1-2-4-7(6)13(15)16/h1-5H,(H3,9,11,12)/b10-5-. The number of para-hydroxylation sites is 1. The highest BCUT2D eigenvalue weighted by atomic mass is 16.7. The Morgan fingerprint density at radius 1 is 1.33 bits per heavy atom. The molecule has 1 aromatic carbocycles. The van der Waals surface area contributed by atoms with E-state index in [1.54, 1.807) is 11.5 Å². The number of hydrogen-bond acceptors (Lipinski definition) is 6. The van der Waals surface area contributed by atoms with Crippen LogP contribution in [0, 0.1) is 20.2 Å². The normalized spacial score (nSPS) is 11.4. The molecule has 0 saturated heterocycles. The van der Waals surface area contributed by atoms with Crippen LogP contribution in [0.3, 0.4) is 0 Å². The lowest BCUT2D eigenvalue weighted by molar-refractivity contribution is -0.525. The Kier molecular flexibility index (Phi) is 4.26. The van der Waals surface area contributed by atoms with E-state index in [1.807, 2.05) is 0 Å². The van der Waals surface area contributed by atoms with Gasteiger partial charge in [-0.2, -0.15) is 5.10 Å². The molecular weight excluding hydrogens is 244 g/mol. The fourth-order valence-electron chi connectivity index (χ4n) is 1.03. The molecule has 0 aromatic heterocycles. The summed E-state index contributed by atoms with van der Waals surface area (Å²) in [6, 6.07) is 5.83. The smallest absolute Gasteiger partial charge is 0.278 e. The van der Waals surface area contributed by atoms with Crippen LogP contribution in [-0.4, -0.2) is 22.1 Å². The Labute approximate surface area is 100 Å². The molecule has 10 heteroatoms. The third-order valence-corrected chi connectivity index (χ3v) is 1.70. The molecule has 0 spiro atoms. The van der Waals surface area contributed by atoms with Gasteiger partial charge >= 0.3 is 0 Å². The first-order valence-corrected chi connectivity index (χ1v) is 4.51. The topological polar surface area (TPSA) is 149 Å². The highest BCUT2D eigenvalue weighted by Crippen LogP contribution is 2.15. The number of hydrogen-bond donors (Lipinski definition) is 2. The maximum atomic E-state index is 10.6. The summed E-state index contributed by atoms with van der Waals surface area (Å²) in [5.74, 6) is -0.533. The maximum absolute atomic E-state index is 10.6. The number of nitrogens with zero attached hydrogens (tertiary/aromatic N) is 4. The van der Waals surface area contributed by atoms with Gasteiger partial charge in [0.05, 0.1) is 16.7 Å². The number of nitro benzene ring substituents is 1. The van der Waals surface area contributed by atoms with Crippen molar-refractivity contribution in [1.29, 1.82) is 0 Å². The van der Waals surface area contributed by atoms with Crippen molar-refractivity contribution in [3.63, 3.8) is 0 Å². The molecule has 10 nitrogen and oxygen atoms in total. The molecule has 0 aliphatic heterocycles. The molecular formula is C8H8N6O4. The number of benzene rings is 1. The lowest BCUT2D eigenvalue weighted by atomic mass is 10.2. The molecule has 0 saturated carbocycles. The summed E-state index contributed by atoms with van der Waals surface area (Å²) in [7, 11) is 0. The maximum Gasteiger partial charge on any atom is 0.278 e. The van der Waals surface area contributed by atoms with E-state index in [0.717, 1.165) is 6.21 Å². The first-order chi connectivity index (χ1) is 8.50. The average Bonchev–Trinajstić information content (AvgIpc) is 2.28. The van der Waals surface area contributed by atoms with E-state index in [0.29, 0.717) is 0 Å². The third-order valence-electron chi connectivity index (χ3n) is 1.70. The van der Waals surface area contributed by atoms with E-state index >= 15 is 0 Å². The van der Waals surface area contributed by atoms with E-state index in [2.05, 4.69) is 10.2 Å². The molecule has 0 fully saturated rings. The second-order valence-corrected chi connectivity index (χ2v) is 2.91. The van der Waals surface area contributed by atoms with Gasteiger partial charge in [-0.3, -0.25) is 10.1 Å². The van der Waals surface area contributed by atoms with Crippen molar-refractivity contribution in [1.82, 2.24) is 5.43 Å². The Morgan fingerprint density at radius 2 is 2.00 bits per heavy atom. The van der Waals surface area contributed by atoms with Crippen molar-refractivity contribution >= 4 is 17.9 Å². The Bertz CT molecular complexity index is 526. The van der Waals surface area contributed by atoms with E-state index in [9.17, 15) is 20.2 Å². The number of nitrogens with one attached hydrogen (secondary N) is 1. The van der Waals surface area contributed by atoms with E-state index in [4.69, 9.17) is 5.73 Å². The zero-order valence-electron chi connectivity index (χ0n) is 8.89. The average molecular weight is 252 g/mol. The van der Waals surface area contributed by atoms with Crippen LogP contribution in [0.2, 0.25) is 0 Å². The number of nitrogens with two attached hydrogens (primary N) is 1. The Hall–Kier alpha value is -3.04. The highest BCUT2D eigenvalue weighted by Gasteiger charge is 2.09. The van der Waals surface area contributed by atoms with E-state index in [1.165, 1.54) is 18.2 Å². The van der Waals surface area contributed by atoms with Crippen LogP contribution in [0.25, 0.3) is 0 Å². The Morgan fingerprint density at radius 3 is 2.61 bits per heavy atom. The number of guanidine groups is 1. The van der Waals surface area contributed by atoms with Crippen LogP contribution in [0.1, 0.15) is 5.56 Å². The number of hydrazine groups is 1. The monoisotopic (exact) mass is 252 g/mol. The number of nitro groups is 2. The predicted molar refractivity (Wildman–Crippen MR) is 62.4 cm³/mol. The zero-order valence-corrected chi connectivity index (χ0v) is 8.89. The van der Waals surface area contributed by atoms with Gasteiger partial charge in [0.1, 0.15) is 0 Å². The summed E-state index contributed by atoms with van der Waals surface area (Å²) < 4.78 is 0. The predicted octanol–water partition coefficient (Wildman–Crippen LogP) is 0.0247. The summed E-state index contributed by atoms with van der Waals surface area (Å²) in [4.78, 5) is 20.0. The molecule has 18 heavy (non-hydrogen) atoms. The van der Waals surface area contributed by atoms with Gasteiger partial charge in [-0.05, 0) is 6.07 Å².